The highest BCUT2D eigenvalue weighted by Gasteiger charge is 2.34. The zero-order valence-electron chi connectivity index (χ0n) is 10.6. The zero-order valence-corrected chi connectivity index (χ0v) is 11.4. The summed E-state index contributed by atoms with van der Waals surface area (Å²) in [4.78, 5) is 7.93. The Balaban J connectivity index is 1.78. The van der Waals surface area contributed by atoms with Crippen LogP contribution in [0.3, 0.4) is 0 Å². The molecule has 1 N–H and O–H groups in total. The molecule has 0 bridgehead atoms. The van der Waals surface area contributed by atoms with Crippen molar-refractivity contribution in [3.63, 3.8) is 0 Å². The third-order valence-corrected chi connectivity index (χ3v) is 4.83. The van der Waals surface area contributed by atoms with E-state index in [1.165, 1.54) is 16.7 Å². The Kier molecular flexibility index (Phi) is 3.97. The quantitative estimate of drug-likeness (QED) is 0.818. The summed E-state index contributed by atoms with van der Waals surface area (Å²) in [5.41, 5.74) is 0.273. The van der Waals surface area contributed by atoms with Gasteiger partial charge >= 0.3 is 0 Å². The van der Waals surface area contributed by atoms with E-state index < -0.39 is 10.0 Å². The second-order valence-corrected chi connectivity index (χ2v) is 6.62. The van der Waals surface area contributed by atoms with Crippen LogP contribution in [0.5, 0.6) is 0 Å². The first-order chi connectivity index (χ1) is 9.05. The molecule has 0 aliphatic carbocycles. The minimum atomic E-state index is -3.04. The summed E-state index contributed by atoms with van der Waals surface area (Å²) >= 11 is 0. The van der Waals surface area contributed by atoms with Gasteiger partial charge in [-0.2, -0.15) is 5.26 Å². The van der Waals surface area contributed by atoms with Crippen molar-refractivity contribution in [3.05, 3.63) is 18.1 Å². The molecular formula is C11H15N5O2S. The maximum atomic E-state index is 11.5. The summed E-state index contributed by atoms with van der Waals surface area (Å²) < 4.78 is 24.5. The minimum absolute atomic E-state index is 0.147. The number of aromatic nitrogens is 2. The van der Waals surface area contributed by atoms with Crippen molar-refractivity contribution in [2.45, 2.75) is 6.92 Å². The maximum absolute atomic E-state index is 11.5. The van der Waals surface area contributed by atoms with Crippen LogP contribution in [0.1, 0.15) is 12.6 Å². The number of hydrogen-bond donors (Lipinski definition) is 1. The predicted molar refractivity (Wildman–Crippen MR) is 69.8 cm³/mol. The predicted octanol–water partition coefficient (Wildman–Crippen LogP) is 0.0417. The van der Waals surface area contributed by atoms with Gasteiger partial charge in [-0.3, -0.25) is 0 Å². The molecule has 0 aromatic carbocycles. The smallest absolute Gasteiger partial charge is 0.213 e. The van der Waals surface area contributed by atoms with Crippen molar-refractivity contribution in [3.8, 4) is 6.07 Å². The lowest BCUT2D eigenvalue weighted by molar-refractivity contribution is 0.212. The van der Waals surface area contributed by atoms with E-state index in [0.717, 1.165) is 0 Å². The summed E-state index contributed by atoms with van der Waals surface area (Å²) in [7, 11) is -3.04. The van der Waals surface area contributed by atoms with E-state index in [0.29, 0.717) is 31.4 Å². The molecule has 0 radical (unpaired) electrons. The first-order valence-electron chi connectivity index (χ1n) is 5.99. The molecule has 0 amide bonds. The third kappa shape index (κ3) is 3.19. The van der Waals surface area contributed by atoms with Crippen LogP contribution < -0.4 is 5.32 Å². The van der Waals surface area contributed by atoms with Crippen LogP contribution in [0.15, 0.2) is 12.4 Å². The largest absolute Gasteiger partial charge is 0.368 e. The molecule has 0 atom stereocenters. The van der Waals surface area contributed by atoms with Crippen molar-refractivity contribution >= 4 is 15.8 Å². The Morgan fingerprint density at radius 3 is 2.74 bits per heavy atom. The molecule has 8 heteroatoms. The van der Waals surface area contributed by atoms with Crippen LogP contribution in [0, 0.1) is 17.2 Å². The summed E-state index contributed by atoms with van der Waals surface area (Å²) in [6, 6.07) is 1.90. The Morgan fingerprint density at radius 1 is 1.47 bits per heavy atom. The van der Waals surface area contributed by atoms with Crippen molar-refractivity contribution in [2.75, 3.05) is 30.7 Å². The summed E-state index contributed by atoms with van der Waals surface area (Å²) in [5, 5.41) is 11.7. The number of anilines is 1. The number of hydrogen-bond acceptors (Lipinski definition) is 6. The molecule has 1 aromatic rings. The lowest BCUT2D eigenvalue weighted by atomic mass is 10.0. The fourth-order valence-corrected chi connectivity index (χ4v) is 3.03. The Bertz CT molecular complexity index is 572. The Hall–Kier alpha value is -1.72. The SMILES string of the molecule is CCS(=O)(=O)N1CC(CNc2cnc(C#N)cn2)C1. The number of nitrogens with zero attached hydrogens (tertiary/aromatic N) is 4. The average molecular weight is 281 g/mol. The lowest BCUT2D eigenvalue weighted by Crippen LogP contribution is -2.52. The third-order valence-electron chi connectivity index (χ3n) is 3.02. The number of nitrogens with one attached hydrogen (secondary N) is 1. The molecule has 1 aliphatic heterocycles. The number of rotatable bonds is 5. The van der Waals surface area contributed by atoms with Crippen LogP contribution in [-0.4, -0.2) is 48.1 Å². The number of nitriles is 1. The second-order valence-electron chi connectivity index (χ2n) is 4.36. The molecule has 2 heterocycles. The average Bonchev–Trinajstić information content (AvgIpc) is 2.37. The molecule has 2 rings (SSSR count). The zero-order chi connectivity index (χ0) is 13.9. The van der Waals surface area contributed by atoms with Crippen LogP contribution in [-0.2, 0) is 10.0 Å². The summed E-state index contributed by atoms with van der Waals surface area (Å²) in [6.07, 6.45) is 2.90. The first-order valence-corrected chi connectivity index (χ1v) is 7.60. The normalized spacial score (nSPS) is 16.6. The van der Waals surface area contributed by atoms with Crippen LogP contribution in [0.25, 0.3) is 0 Å². The molecule has 19 heavy (non-hydrogen) atoms. The summed E-state index contributed by atoms with van der Waals surface area (Å²) in [5.74, 6) is 1.03. The van der Waals surface area contributed by atoms with Gasteiger partial charge in [0.2, 0.25) is 10.0 Å². The van der Waals surface area contributed by atoms with Crippen molar-refractivity contribution in [2.24, 2.45) is 5.92 Å². The molecular weight excluding hydrogens is 266 g/mol. The van der Waals surface area contributed by atoms with E-state index in [1.807, 2.05) is 6.07 Å². The Morgan fingerprint density at radius 2 is 2.21 bits per heavy atom. The van der Waals surface area contributed by atoms with Gasteiger partial charge in [-0.25, -0.2) is 22.7 Å². The van der Waals surface area contributed by atoms with Crippen molar-refractivity contribution in [1.82, 2.24) is 14.3 Å². The first kappa shape index (κ1) is 13.7. The molecule has 102 valence electrons. The molecule has 0 saturated carbocycles. The van der Waals surface area contributed by atoms with E-state index in [2.05, 4.69) is 15.3 Å². The van der Waals surface area contributed by atoms with Gasteiger partial charge < -0.3 is 5.32 Å². The van der Waals surface area contributed by atoms with Gasteiger partial charge in [-0.1, -0.05) is 0 Å². The van der Waals surface area contributed by atoms with Gasteiger partial charge in [-0.05, 0) is 6.92 Å². The fourth-order valence-electron chi connectivity index (χ4n) is 1.79. The standard InChI is InChI=1S/C11H15N5O2S/c1-2-19(17,18)16-7-9(8-16)4-14-11-6-13-10(3-12)5-15-11/h5-6,9H,2,4,7-8H2,1H3,(H,14,15). The van der Waals surface area contributed by atoms with E-state index in [4.69, 9.17) is 5.26 Å². The summed E-state index contributed by atoms with van der Waals surface area (Å²) in [6.45, 7) is 3.39. The molecule has 7 nitrogen and oxygen atoms in total. The van der Waals surface area contributed by atoms with Crippen molar-refractivity contribution < 1.29 is 8.42 Å². The molecule has 0 spiro atoms. The van der Waals surface area contributed by atoms with E-state index in [-0.39, 0.29) is 11.4 Å². The lowest BCUT2D eigenvalue weighted by Gasteiger charge is -2.37. The highest BCUT2D eigenvalue weighted by molar-refractivity contribution is 7.89. The highest BCUT2D eigenvalue weighted by Crippen LogP contribution is 2.20. The molecule has 1 saturated heterocycles. The number of sulfonamides is 1. The maximum Gasteiger partial charge on any atom is 0.213 e. The second kappa shape index (κ2) is 5.50. The van der Waals surface area contributed by atoms with Crippen LogP contribution in [0.2, 0.25) is 0 Å². The van der Waals surface area contributed by atoms with Gasteiger partial charge in [0.05, 0.1) is 18.1 Å². The molecule has 1 fully saturated rings. The molecule has 1 aromatic heterocycles. The van der Waals surface area contributed by atoms with Gasteiger partial charge in [0.1, 0.15) is 11.9 Å². The minimum Gasteiger partial charge on any atom is -0.368 e. The fraction of sp³-hybridized carbons (Fsp3) is 0.545. The monoisotopic (exact) mass is 281 g/mol. The van der Waals surface area contributed by atoms with E-state index in [1.54, 1.807) is 6.92 Å². The van der Waals surface area contributed by atoms with E-state index >= 15 is 0 Å². The van der Waals surface area contributed by atoms with Crippen LogP contribution >= 0.6 is 0 Å². The topological polar surface area (TPSA) is 99.0 Å². The van der Waals surface area contributed by atoms with Crippen molar-refractivity contribution in [1.29, 1.82) is 5.26 Å². The molecule has 0 unspecified atom stereocenters. The van der Waals surface area contributed by atoms with Gasteiger partial charge in [0.15, 0.2) is 5.69 Å². The van der Waals surface area contributed by atoms with Gasteiger partial charge in [0, 0.05) is 25.6 Å². The highest BCUT2D eigenvalue weighted by atomic mass is 32.2. The van der Waals surface area contributed by atoms with Gasteiger partial charge in [0.25, 0.3) is 0 Å². The Labute approximate surface area is 112 Å². The van der Waals surface area contributed by atoms with Gasteiger partial charge in [-0.15, -0.1) is 0 Å². The van der Waals surface area contributed by atoms with E-state index in [9.17, 15) is 8.42 Å². The molecule has 1 aliphatic rings. The van der Waals surface area contributed by atoms with Crippen LogP contribution in [0.4, 0.5) is 5.82 Å².